The number of thiophene rings is 1. The molecule has 7 nitrogen and oxygen atoms in total. The van der Waals surface area contributed by atoms with E-state index in [1.807, 2.05) is 4.90 Å². The number of nitrogens with zero attached hydrogens (tertiary/aromatic N) is 1. The molecule has 0 aromatic carbocycles. The second-order valence-corrected chi connectivity index (χ2v) is 13.1. The van der Waals surface area contributed by atoms with Crippen LogP contribution in [0.2, 0.25) is 4.34 Å². The average molecular weight is 456 g/mol. The molecule has 2 fully saturated rings. The number of halogens is 1. The highest BCUT2D eigenvalue weighted by Gasteiger charge is 2.49. The van der Waals surface area contributed by atoms with Crippen LogP contribution in [0.4, 0.5) is 0 Å². The van der Waals surface area contributed by atoms with Crippen molar-refractivity contribution in [2.75, 3.05) is 31.2 Å². The highest BCUT2D eigenvalue weighted by atomic mass is 35.5. The van der Waals surface area contributed by atoms with E-state index >= 15 is 0 Å². The maximum atomic E-state index is 13.0. The van der Waals surface area contributed by atoms with Gasteiger partial charge in [-0.15, -0.1) is 11.3 Å². The predicted molar refractivity (Wildman–Crippen MR) is 104 cm³/mol. The van der Waals surface area contributed by atoms with Gasteiger partial charge in [-0.3, -0.25) is 9.69 Å². The Balaban J connectivity index is 1.79. The summed E-state index contributed by atoms with van der Waals surface area (Å²) in [5.74, 6) is -1.02. The number of sulfone groups is 2. The maximum absolute atomic E-state index is 13.0. The third-order valence-electron chi connectivity index (χ3n) is 5.12. The first kappa shape index (κ1) is 21.0. The van der Waals surface area contributed by atoms with E-state index in [0.717, 1.165) is 11.3 Å². The fourth-order valence-corrected chi connectivity index (χ4v) is 10.3. The molecular weight excluding hydrogens is 434 g/mol. The summed E-state index contributed by atoms with van der Waals surface area (Å²) in [4.78, 5) is 13.8. The van der Waals surface area contributed by atoms with Crippen molar-refractivity contribution in [3.63, 3.8) is 0 Å². The summed E-state index contributed by atoms with van der Waals surface area (Å²) in [5.41, 5.74) is 0. The number of carbonyl (C=O) groups is 1. The zero-order valence-electron chi connectivity index (χ0n) is 14.8. The lowest BCUT2D eigenvalue weighted by Crippen LogP contribution is -2.50. The Morgan fingerprint density at radius 2 is 1.96 bits per heavy atom. The monoisotopic (exact) mass is 455 g/mol. The Kier molecular flexibility index (Phi) is 6.22. The lowest BCUT2D eigenvalue weighted by Gasteiger charge is -2.36. The van der Waals surface area contributed by atoms with Crippen LogP contribution in [0.15, 0.2) is 16.3 Å². The first-order chi connectivity index (χ1) is 12.6. The Labute approximate surface area is 168 Å². The Morgan fingerprint density at radius 3 is 2.52 bits per heavy atom. The van der Waals surface area contributed by atoms with Crippen LogP contribution in [-0.4, -0.2) is 70.2 Å². The lowest BCUT2D eigenvalue weighted by atomic mass is 9.95. The normalized spacial score (nSPS) is 26.9. The summed E-state index contributed by atoms with van der Waals surface area (Å²) in [6.07, 6.45) is 1.07. The average Bonchev–Trinajstić information content (AvgIpc) is 3.19. The molecule has 0 spiro atoms. The van der Waals surface area contributed by atoms with Crippen molar-refractivity contribution in [1.82, 2.24) is 4.90 Å². The maximum Gasteiger partial charge on any atom is 0.309 e. The van der Waals surface area contributed by atoms with Gasteiger partial charge in [0.05, 0.1) is 33.6 Å². The van der Waals surface area contributed by atoms with E-state index in [0.29, 0.717) is 36.9 Å². The van der Waals surface area contributed by atoms with Crippen LogP contribution in [-0.2, 0) is 29.2 Å². The largest absolute Gasteiger partial charge is 0.466 e. The summed E-state index contributed by atoms with van der Waals surface area (Å²) in [5, 5.41) is -1.02. The minimum absolute atomic E-state index is 0.0982. The quantitative estimate of drug-likeness (QED) is 0.622. The molecule has 2 atom stereocenters. The van der Waals surface area contributed by atoms with Crippen molar-refractivity contribution in [2.24, 2.45) is 5.92 Å². The van der Waals surface area contributed by atoms with Crippen molar-refractivity contribution in [3.05, 3.63) is 16.5 Å². The molecule has 2 aliphatic heterocycles. The van der Waals surface area contributed by atoms with Gasteiger partial charge in [0.1, 0.15) is 4.21 Å². The molecule has 0 N–H and O–H groups in total. The van der Waals surface area contributed by atoms with Crippen LogP contribution in [0.25, 0.3) is 0 Å². The molecule has 2 saturated heterocycles. The molecule has 0 bridgehead atoms. The van der Waals surface area contributed by atoms with Crippen LogP contribution < -0.4 is 0 Å². The summed E-state index contributed by atoms with van der Waals surface area (Å²) in [6, 6.07) is 2.32. The van der Waals surface area contributed by atoms with E-state index in [9.17, 15) is 21.6 Å². The molecule has 27 heavy (non-hydrogen) atoms. The third kappa shape index (κ3) is 4.50. The van der Waals surface area contributed by atoms with Crippen molar-refractivity contribution < 1.29 is 26.4 Å². The van der Waals surface area contributed by atoms with Gasteiger partial charge in [-0.2, -0.15) is 0 Å². The van der Waals surface area contributed by atoms with Crippen LogP contribution in [0.5, 0.6) is 0 Å². The standard InChI is InChI=1S/C16H22ClNO6S3/c1-2-24-16(19)11-5-7-18(8-6-11)12-9-26(20,21)10-13(12)27(22,23)15-4-3-14(17)25-15/h3-4,11-13H,2,5-10H2,1H3/t12-,13-/m0/s1. The van der Waals surface area contributed by atoms with E-state index in [1.54, 1.807) is 6.92 Å². The topological polar surface area (TPSA) is 97.8 Å². The van der Waals surface area contributed by atoms with Crippen molar-refractivity contribution >= 4 is 48.6 Å². The van der Waals surface area contributed by atoms with E-state index in [1.165, 1.54) is 12.1 Å². The first-order valence-corrected chi connectivity index (χ1v) is 13.3. The van der Waals surface area contributed by atoms with E-state index in [-0.39, 0.29) is 27.6 Å². The van der Waals surface area contributed by atoms with Crippen molar-refractivity contribution in [3.8, 4) is 0 Å². The number of piperidine rings is 1. The highest BCUT2D eigenvalue weighted by Crippen LogP contribution is 2.35. The third-order valence-corrected chi connectivity index (χ3v) is 11.0. The SMILES string of the molecule is CCOC(=O)C1CCN([C@H]2CS(=O)(=O)C[C@@H]2S(=O)(=O)c2ccc(Cl)s2)CC1. The number of carbonyl (C=O) groups excluding carboxylic acids is 1. The van der Waals surface area contributed by atoms with E-state index in [4.69, 9.17) is 16.3 Å². The molecule has 3 heterocycles. The van der Waals surface area contributed by atoms with Crippen molar-refractivity contribution in [1.29, 1.82) is 0 Å². The zero-order chi connectivity index (χ0) is 19.8. The second-order valence-electron chi connectivity index (χ2n) is 6.85. The molecule has 11 heteroatoms. The molecule has 152 valence electrons. The summed E-state index contributed by atoms with van der Waals surface area (Å²) >= 11 is 6.81. The van der Waals surface area contributed by atoms with Gasteiger partial charge in [0.25, 0.3) is 0 Å². The van der Waals surface area contributed by atoms with E-state index < -0.39 is 31.0 Å². The molecule has 0 radical (unpaired) electrons. The minimum Gasteiger partial charge on any atom is -0.466 e. The van der Waals surface area contributed by atoms with Crippen LogP contribution in [0, 0.1) is 5.92 Å². The van der Waals surface area contributed by atoms with Crippen LogP contribution in [0.1, 0.15) is 19.8 Å². The Hall–Kier alpha value is -0.680. The van der Waals surface area contributed by atoms with Gasteiger partial charge in [-0.25, -0.2) is 16.8 Å². The molecule has 2 aliphatic rings. The van der Waals surface area contributed by atoms with Gasteiger partial charge in [-0.1, -0.05) is 11.6 Å². The van der Waals surface area contributed by atoms with Gasteiger partial charge in [-0.05, 0) is 45.0 Å². The molecule has 1 aromatic heterocycles. The zero-order valence-corrected chi connectivity index (χ0v) is 18.0. The molecular formula is C16H22ClNO6S3. The highest BCUT2D eigenvalue weighted by molar-refractivity contribution is 7.97. The number of ether oxygens (including phenoxy) is 1. The van der Waals surface area contributed by atoms with Gasteiger partial charge in [0, 0.05) is 6.04 Å². The molecule has 0 aliphatic carbocycles. The predicted octanol–water partition coefficient (Wildman–Crippen LogP) is 1.62. The van der Waals surface area contributed by atoms with Crippen LogP contribution >= 0.6 is 22.9 Å². The number of hydrogen-bond donors (Lipinski definition) is 0. The number of rotatable bonds is 5. The fraction of sp³-hybridized carbons (Fsp3) is 0.688. The van der Waals surface area contributed by atoms with Gasteiger partial charge >= 0.3 is 5.97 Å². The molecule has 0 amide bonds. The van der Waals surface area contributed by atoms with E-state index in [2.05, 4.69) is 0 Å². The van der Waals surface area contributed by atoms with Crippen LogP contribution in [0.3, 0.4) is 0 Å². The molecule has 3 rings (SSSR count). The van der Waals surface area contributed by atoms with Gasteiger partial charge < -0.3 is 4.74 Å². The first-order valence-electron chi connectivity index (χ1n) is 8.74. The van der Waals surface area contributed by atoms with Crippen molar-refractivity contribution in [2.45, 2.75) is 35.3 Å². The summed E-state index contributed by atoms with van der Waals surface area (Å²) in [6.45, 7) is 3.02. The number of hydrogen-bond acceptors (Lipinski definition) is 8. The van der Waals surface area contributed by atoms with Gasteiger partial charge in [0.15, 0.2) is 19.7 Å². The number of esters is 1. The smallest absolute Gasteiger partial charge is 0.309 e. The Morgan fingerprint density at radius 1 is 1.30 bits per heavy atom. The Bertz CT molecular complexity index is 902. The fourth-order valence-electron chi connectivity index (χ4n) is 3.76. The molecule has 0 unspecified atom stereocenters. The molecule has 0 saturated carbocycles. The lowest BCUT2D eigenvalue weighted by molar-refractivity contribution is -0.149. The molecule has 1 aromatic rings. The minimum atomic E-state index is -3.80. The second kappa shape index (κ2) is 7.98. The summed E-state index contributed by atoms with van der Waals surface area (Å²) in [7, 11) is -7.26. The summed E-state index contributed by atoms with van der Waals surface area (Å²) < 4.78 is 56.1. The number of likely N-dealkylation sites (tertiary alicyclic amines) is 1. The van der Waals surface area contributed by atoms with Gasteiger partial charge in [0.2, 0.25) is 0 Å².